The maximum Gasteiger partial charge on any atom is 0.0969 e. The van der Waals surface area contributed by atoms with Crippen LogP contribution in [0.2, 0.25) is 0 Å². The van der Waals surface area contributed by atoms with Gasteiger partial charge in [0.2, 0.25) is 0 Å². The number of aromatic nitrogens is 3. The fourth-order valence-corrected chi connectivity index (χ4v) is 2.51. The maximum atomic E-state index is 4.49. The number of rotatable bonds is 5. The van der Waals surface area contributed by atoms with Crippen LogP contribution < -0.4 is 5.32 Å². The summed E-state index contributed by atoms with van der Waals surface area (Å²) in [4.78, 5) is 1.68. The third-order valence-electron chi connectivity index (χ3n) is 3.94. The molecule has 0 unspecified atom stereocenters. The fourth-order valence-electron chi connectivity index (χ4n) is 2.51. The first-order valence-corrected chi connectivity index (χ1v) is 6.93. The molecule has 0 atom stereocenters. The first kappa shape index (κ1) is 12.4. The number of hydrogen-bond acceptors (Lipinski definition) is 3. The van der Waals surface area contributed by atoms with Crippen molar-refractivity contribution in [2.24, 2.45) is 5.41 Å². The minimum atomic E-state index is 0.509. The number of hydrogen-bond donors (Lipinski definition) is 1. The first-order valence-electron chi connectivity index (χ1n) is 6.93. The van der Waals surface area contributed by atoms with Gasteiger partial charge in [-0.1, -0.05) is 31.5 Å². The van der Waals surface area contributed by atoms with Crippen LogP contribution in [-0.4, -0.2) is 21.5 Å². The first-order chi connectivity index (χ1) is 9.25. The summed E-state index contributed by atoms with van der Waals surface area (Å²) >= 11 is 0. The molecule has 0 saturated heterocycles. The molecule has 1 heterocycles. The smallest absolute Gasteiger partial charge is 0.0969 e. The van der Waals surface area contributed by atoms with Crippen LogP contribution in [-0.2, 0) is 6.54 Å². The minimum Gasteiger partial charge on any atom is -0.311 e. The van der Waals surface area contributed by atoms with Crippen molar-refractivity contribution in [1.29, 1.82) is 0 Å². The number of nitrogens with zero attached hydrogens (tertiary/aromatic N) is 3. The summed E-state index contributed by atoms with van der Waals surface area (Å²) in [6, 6.07) is 10.00. The summed E-state index contributed by atoms with van der Waals surface area (Å²) in [7, 11) is 0. The summed E-state index contributed by atoms with van der Waals surface area (Å²) in [6.07, 6.45) is 5.90. The van der Waals surface area contributed by atoms with Gasteiger partial charge in [0.15, 0.2) is 0 Å². The molecule has 1 aliphatic carbocycles. The van der Waals surface area contributed by atoms with Crippen molar-refractivity contribution in [3.8, 4) is 5.69 Å². The maximum absolute atomic E-state index is 4.49. The van der Waals surface area contributed by atoms with Crippen molar-refractivity contribution >= 4 is 0 Å². The van der Waals surface area contributed by atoms with E-state index in [1.54, 1.807) is 4.80 Å². The lowest BCUT2D eigenvalue weighted by Crippen LogP contribution is -2.37. The molecule has 100 valence electrons. The SMILES string of the molecule is CC1(CNCc2cnn(-c3ccccc3)n2)CCC1. The quantitative estimate of drug-likeness (QED) is 0.894. The molecule has 19 heavy (non-hydrogen) atoms. The second kappa shape index (κ2) is 5.13. The minimum absolute atomic E-state index is 0.509. The van der Waals surface area contributed by atoms with Crippen molar-refractivity contribution in [3.63, 3.8) is 0 Å². The van der Waals surface area contributed by atoms with E-state index in [0.29, 0.717) is 5.41 Å². The summed E-state index contributed by atoms with van der Waals surface area (Å²) in [5.41, 5.74) is 2.50. The summed E-state index contributed by atoms with van der Waals surface area (Å²) < 4.78 is 0. The van der Waals surface area contributed by atoms with Crippen LogP contribution >= 0.6 is 0 Å². The Kier molecular flexibility index (Phi) is 3.34. The average Bonchev–Trinajstić information content (AvgIpc) is 2.87. The van der Waals surface area contributed by atoms with Gasteiger partial charge in [-0.3, -0.25) is 0 Å². The highest BCUT2D eigenvalue weighted by molar-refractivity contribution is 5.28. The highest BCUT2D eigenvalue weighted by Crippen LogP contribution is 2.39. The lowest BCUT2D eigenvalue weighted by atomic mass is 9.70. The van der Waals surface area contributed by atoms with Gasteiger partial charge in [-0.25, -0.2) is 0 Å². The Hall–Kier alpha value is -1.68. The monoisotopic (exact) mass is 256 g/mol. The van der Waals surface area contributed by atoms with E-state index >= 15 is 0 Å². The molecule has 2 aromatic rings. The third-order valence-corrected chi connectivity index (χ3v) is 3.94. The number of para-hydroxylation sites is 1. The molecule has 3 rings (SSSR count). The Bertz CT molecular complexity index is 528. The molecule has 4 nitrogen and oxygen atoms in total. The van der Waals surface area contributed by atoms with Gasteiger partial charge in [-0.15, -0.1) is 0 Å². The second-order valence-corrected chi connectivity index (χ2v) is 5.73. The zero-order valence-electron chi connectivity index (χ0n) is 11.3. The zero-order valence-corrected chi connectivity index (χ0v) is 11.3. The van der Waals surface area contributed by atoms with Gasteiger partial charge in [-0.2, -0.15) is 15.0 Å². The lowest BCUT2D eigenvalue weighted by Gasteiger charge is -2.38. The van der Waals surface area contributed by atoms with E-state index in [1.807, 2.05) is 36.5 Å². The van der Waals surface area contributed by atoms with Gasteiger partial charge in [0, 0.05) is 13.1 Å². The second-order valence-electron chi connectivity index (χ2n) is 5.73. The van der Waals surface area contributed by atoms with Gasteiger partial charge in [0.1, 0.15) is 0 Å². The Morgan fingerprint density at radius 2 is 2.05 bits per heavy atom. The molecular weight excluding hydrogens is 236 g/mol. The molecule has 1 N–H and O–H groups in total. The highest BCUT2D eigenvalue weighted by atomic mass is 15.5. The van der Waals surface area contributed by atoms with Crippen molar-refractivity contribution in [2.45, 2.75) is 32.7 Å². The summed E-state index contributed by atoms with van der Waals surface area (Å²) in [5, 5.41) is 12.3. The van der Waals surface area contributed by atoms with E-state index in [2.05, 4.69) is 22.4 Å². The van der Waals surface area contributed by atoms with Crippen LogP contribution in [0.4, 0.5) is 0 Å². The fraction of sp³-hybridized carbons (Fsp3) is 0.467. The predicted octanol–water partition coefficient (Wildman–Crippen LogP) is 2.55. The lowest BCUT2D eigenvalue weighted by molar-refractivity contribution is 0.156. The molecular formula is C15H20N4. The molecule has 1 aliphatic rings. The molecule has 0 radical (unpaired) electrons. The van der Waals surface area contributed by atoms with E-state index in [0.717, 1.165) is 24.5 Å². The third kappa shape index (κ3) is 2.84. The Labute approximate surface area is 113 Å². The molecule has 4 heteroatoms. The molecule has 0 amide bonds. The highest BCUT2D eigenvalue weighted by Gasteiger charge is 2.30. The number of benzene rings is 1. The van der Waals surface area contributed by atoms with Crippen LogP contribution in [0.3, 0.4) is 0 Å². The van der Waals surface area contributed by atoms with Crippen molar-refractivity contribution < 1.29 is 0 Å². The largest absolute Gasteiger partial charge is 0.311 e. The number of nitrogens with one attached hydrogen (secondary N) is 1. The predicted molar refractivity (Wildman–Crippen MR) is 75.0 cm³/mol. The van der Waals surface area contributed by atoms with Crippen LogP contribution in [0.1, 0.15) is 31.9 Å². The van der Waals surface area contributed by atoms with Crippen LogP contribution in [0, 0.1) is 5.41 Å². The van der Waals surface area contributed by atoms with Crippen molar-refractivity contribution in [1.82, 2.24) is 20.3 Å². The average molecular weight is 256 g/mol. The zero-order chi connectivity index (χ0) is 13.1. The van der Waals surface area contributed by atoms with Crippen molar-refractivity contribution in [3.05, 3.63) is 42.2 Å². The van der Waals surface area contributed by atoms with Crippen molar-refractivity contribution in [2.75, 3.05) is 6.54 Å². The molecule has 0 spiro atoms. The molecule has 0 aliphatic heterocycles. The van der Waals surface area contributed by atoms with Gasteiger partial charge < -0.3 is 5.32 Å². The van der Waals surface area contributed by atoms with E-state index in [9.17, 15) is 0 Å². The Morgan fingerprint density at radius 3 is 2.74 bits per heavy atom. The van der Waals surface area contributed by atoms with Gasteiger partial charge >= 0.3 is 0 Å². The Morgan fingerprint density at radius 1 is 1.26 bits per heavy atom. The van der Waals surface area contributed by atoms with Gasteiger partial charge in [0.05, 0.1) is 17.6 Å². The molecule has 1 aromatic carbocycles. The Balaban J connectivity index is 1.56. The molecule has 1 fully saturated rings. The molecule has 1 aromatic heterocycles. The van der Waals surface area contributed by atoms with Gasteiger partial charge in [-0.05, 0) is 30.4 Å². The normalized spacial score (nSPS) is 17.1. The standard InChI is InChI=1S/C15H20N4/c1-15(8-5-9-15)12-16-10-13-11-17-19(18-13)14-6-3-2-4-7-14/h2-4,6-7,11,16H,5,8-10,12H2,1H3. The van der Waals surface area contributed by atoms with E-state index in [4.69, 9.17) is 0 Å². The van der Waals surface area contributed by atoms with E-state index in [-0.39, 0.29) is 0 Å². The van der Waals surface area contributed by atoms with Crippen LogP contribution in [0.5, 0.6) is 0 Å². The summed E-state index contributed by atoms with van der Waals surface area (Å²) in [5.74, 6) is 0. The summed E-state index contributed by atoms with van der Waals surface area (Å²) in [6.45, 7) is 4.22. The topological polar surface area (TPSA) is 42.7 Å². The van der Waals surface area contributed by atoms with Crippen LogP contribution in [0.15, 0.2) is 36.5 Å². The van der Waals surface area contributed by atoms with E-state index in [1.165, 1.54) is 19.3 Å². The van der Waals surface area contributed by atoms with Gasteiger partial charge in [0.25, 0.3) is 0 Å². The van der Waals surface area contributed by atoms with E-state index < -0.39 is 0 Å². The molecule has 0 bridgehead atoms. The molecule has 1 saturated carbocycles. The van der Waals surface area contributed by atoms with Crippen LogP contribution in [0.25, 0.3) is 5.69 Å².